The zero-order valence-corrected chi connectivity index (χ0v) is 15.1. The Hall–Kier alpha value is -2.35. The largest absolute Gasteiger partial charge is 0.495 e. The van der Waals surface area contributed by atoms with Crippen molar-refractivity contribution < 1.29 is 19.4 Å². The van der Waals surface area contributed by atoms with Crippen LogP contribution in [-0.4, -0.2) is 29.2 Å². The highest BCUT2D eigenvalue weighted by Crippen LogP contribution is 2.25. The normalized spacial score (nSPS) is 10.0. The average Bonchev–Trinajstić information content (AvgIpc) is 2.56. The van der Waals surface area contributed by atoms with Gasteiger partial charge in [0.2, 0.25) is 0 Å². The SMILES string of the molecule is COc1ccc(C(=O)NC(=S)Nc2ccc(Cl)cc2C(=O)O)cc1Cl. The predicted octanol–water partition coefficient (Wildman–Crippen LogP) is 3.83. The molecule has 0 fully saturated rings. The Bertz CT molecular complexity index is 858. The molecule has 9 heteroatoms. The summed E-state index contributed by atoms with van der Waals surface area (Å²) in [4.78, 5) is 23.4. The van der Waals surface area contributed by atoms with Gasteiger partial charge in [-0.25, -0.2) is 4.79 Å². The van der Waals surface area contributed by atoms with Crippen LogP contribution in [0.4, 0.5) is 5.69 Å². The van der Waals surface area contributed by atoms with E-state index in [1.165, 1.54) is 37.4 Å². The number of carbonyl (C=O) groups is 2. The van der Waals surface area contributed by atoms with Gasteiger partial charge in [0.1, 0.15) is 5.75 Å². The summed E-state index contributed by atoms with van der Waals surface area (Å²) < 4.78 is 5.02. The fourth-order valence-electron chi connectivity index (χ4n) is 1.94. The molecule has 0 heterocycles. The van der Waals surface area contributed by atoms with E-state index >= 15 is 0 Å². The van der Waals surface area contributed by atoms with Gasteiger partial charge in [0.25, 0.3) is 5.91 Å². The minimum atomic E-state index is -1.18. The topological polar surface area (TPSA) is 87.7 Å². The van der Waals surface area contributed by atoms with Crippen molar-refractivity contribution in [1.29, 1.82) is 0 Å². The van der Waals surface area contributed by atoms with Crippen LogP contribution < -0.4 is 15.4 Å². The number of amides is 1. The third kappa shape index (κ3) is 4.82. The van der Waals surface area contributed by atoms with Crippen LogP contribution in [0.25, 0.3) is 0 Å². The molecule has 2 aromatic carbocycles. The highest BCUT2D eigenvalue weighted by atomic mass is 35.5. The molecule has 1 amide bonds. The maximum absolute atomic E-state index is 12.2. The number of benzene rings is 2. The van der Waals surface area contributed by atoms with Crippen molar-refractivity contribution >= 4 is 58.1 Å². The van der Waals surface area contributed by atoms with E-state index < -0.39 is 11.9 Å². The van der Waals surface area contributed by atoms with E-state index in [0.717, 1.165) is 0 Å². The molecule has 0 atom stereocenters. The fraction of sp³-hybridized carbons (Fsp3) is 0.0625. The molecule has 0 saturated carbocycles. The monoisotopic (exact) mass is 398 g/mol. The molecule has 0 unspecified atom stereocenters. The number of aromatic carboxylic acids is 1. The standard InChI is InChI=1S/C16H12Cl2N2O4S/c1-24-13-5-2-8(6-11(13)18)14(21)20-16(25)19-12-4-3-9(17)7-10(12)15(22)23/h2-7H,1H3,(H,22,23)(H2,19,20,21,25). The molecule has 25 heavy (non-hydrogen) atoms. The summed E-state index contributed by atoms with van der Waals surface area (Å²) in [6.07, 6.45) is 0. The number of thiocarbonyl (C=S) groups is 1. The summed E-state index contributed by atoms with van der Waals surface area (Å²) in [5.41, 5.74) is 0.399. The van der Waals surface area contributed by atoms with Gasteiger partial charge in [-0.3, -0.25) is 10.1 Å². The van der Waals surface area contributed by atoms with E-state index in [-0.39, 0.29) is 32.0 Å². The molecule has 3 N–H and O–H groups in total. The van der Waals surface area contributed by atoms with Crippen LogP contribution in [0.3, 0.4) is 0 Å². The van der Waals surface area contributed by atoms with Gasteiger partial charge in [-0.2, -0.15) is 0 Å². The minimum absolute atomic E-state index is 0.0678. The van der Waals surface area contributed by atoms with Crippen LogP contribution in [0.2, 0.25) is 10.0 Å². The molecule has 130 valence electrons. The molecule has 6 nitrogen and oxygen atoms in total. The molecule has 0 aliphatic heterocycles. The summed E-state index contributed by atoms with van der Waals surface area (Å²) in [5.74, 6) is -1.25. The van der Waals surface area contributed by atoms with Gasteiger partial charge in [0.15, 0.2) is 5.11 Å². The summed E-state index contributed by atoms with van der Waals surface area (Å²) >= 11 is 16.8. The molecule has 0 radical (unpaired) electrons. The number of hydrogen-bond acceptors (Lipinski definition) is 4. The first-order valence-electron chi connectivity index (χ1n) is 6.80. The van der Waals surface area contributed by atoms with Crippen LogP contribution in [-0.2, 0) is 0 Å². The molecule has 2 rings (SSSR count). The number of ether oxygens (including phenoxy) is 1. The minimum Gasteiger partial charge on any atom is -0.495 e. The van der Waals surface area contributed by atoms with Gasteiger partial charge in [0.05, 0.1) is 23.4 Å². The van der Waals surface area contributed by atoms with Gasteiger partial charge in [-0.1, -0.05) is 23.2 Å². The van der Waals surface area contributed by atoms with Crippen molar-refractivity contribution in [2.75, 3.05) is 12.4 Å². The Morgan fingerprint density at radius 2 is 1.88 bits per heavy atom. The Kier molecular flexibility index (Phi) is 6.19. The summed E-state index contributed by atoms with van der Waals surface area (Å²) in [5, 5.41) is 14.8. The lowest BCUT2D eigenvalue weighted by Crippen LogP contribution is -2.34. The number of halogens is 2. The van der Waals surface area contributed by atoms with Gasteiger partial charge < -0.3 is 15.2 Å². The molecule has 0 spiro atoms. The van der Waals surface area contributed by atoms with E-state index in [1.54, 1.807) is 6.07 Å². The first kappa shape index (κ1) is 19.0. The van der Waals surface area contributed by atoms with Crippen molar-refractivity contribution in [1.82, 2.24) is 5.32 Å². The predicted molar refractivity (Wildman–Crippen MR) is 100 cm³/mol. The number of rotatable bonds is 4. The third-order valence-corrected chi connectivity index (χ3v) is 3.84. The first-order valence-corrected chi connectivity index (χ1v) is 7.97. The Morgan fingerprint density at radius 1 is 1.16 bits per heavy atom. The van der Waals surface area contributed by atoms with Gasteiger partial charge in [-0.05, 0) is 48.6 Å². The molecule has 0 saturated heterocycles. The Balaban J connectivity index is 2.11. The van der Waals surface area contributed by atoms with Crippen molar-refractivity contribution in [3.8, 4) is 5.75 Å². The van der Waals surface area contributed by atoms with Crippen molar-refractivity contribution in [2.45, 2.75) is 0 Å². The quantitative estimate of drug-likeness (QED) is 0.678. The lowest BCUT2D eigenvalue weighted by Gasteiger charge is -2.12. The number of nitrogens with one attached hydrogen (secondary N) is 2. The molecule has 0 bridgehead atoms. The van der Waals surface area contributed by atoms with E-state index in [2.05, 4.69) is 10.6 Å². The van der Waals surface area contributed by atoms with E-state index in [9.17, 15) is 14.7 Å². The molecular weight excluding hydrogens is 387 g/mol. The second kappa shape index (κ2) is 8.15. The summed E-state index contributed by atoms with van der Waals surface area (Å²) in [6, 6.07) is 8.74. The van der Waals surface area contributed by atoms with Crippen molar-refractivity contribution in [2.24, 2.45) is 0 Å². The van der Waals surface area contributed by atoms with E-state index in [4.69, 9.17) is 40.2 Å². The van der Waals surface area contributed by atoms with Gasteiger partial charge in [0, 0.05) is 10.6 Å². The molecule has 0 aliphatic carbocycles. The van der Waals surface area contributed by atoms with Crippen molar-refractivity contribution in [3.63, 3.8) is 0 Å². The highest BCUT2D eigenvalue weighted by Gasteiger charge is 2.14. The zero-order valence-electron chi connectivity index (χ0n) is 12.8. The number of carbonyl (C=O) groups excluding carboxylic acids is 1. The Morgan fingerprint density at radius 3 is 2.48 bits per heavy atom. The van der Waals surface area contributed by atoms with E-state index in [0.29, 0.717) is 5.75 Å². The zero-order chi connectivity index (χ0) is 18.6. The smallest absolute Gasteiger partial charge is 0.337 e. The number of carboxylic acids is 1. The molecule has 0 aliphatic rings. The molecule has 2 aromatic rings. The van der Waals surface area contributed by atoms with Crippen molar-refractivity contribution in [3.05, 3.63) is 57.6 Å². The summed E-state index contributed by atoms with van der Waals surface area (Å²) in [6.45, 7) is 0. The van der Waals surface area contributed by atoms with E-state index in [1.807, 2.05) is 0 Å². The van der Waals surface area contributed by atoms with Crippen LogP contribution in [0, 0.1) is 0 Å². The van der Waals surface area contributed by atoms with Gasteiger partial charge in [-0.15, -0.1) is 0 Å². The fourth-order valence-corrected chi connectivity index (χ4v) is 2.57. The first-order chi connectivity index (χ1) is 11.8. The highest BCUT2D eigenvalue weighted by molar-refractivity contribution is 7.80. The van der Waals surface area contributed by atoms with Gasteiger partial charge >= 0.3 is 5.97 Å². The van der Waals surface area contributed by atoms with Crippen LogP contribution in [0.15, 0.2) is 36.4 Å². The molecular formula is C16H12Cl2N2O4S. The Labute approximate surface area is 158 Å². The third-order valence-electron chi connectivity index (χ3n) is 3.10. The van der Waals surface area contributed by atoms with Crippen LogP contribution in [0.1, 0.15) is 20.7 Å². The number of anilines is 1. The summed E-state index contributed by atoms with van der Waals surface area (Å²) in [7, 11) is 1.46. The van der Waals surface area contributed by atoms with Crippen LogP contribution in [0.5, 0.6) is 5.75 Å². The molecule has 0 aromatic heterocycles. The average molecular weight is 399 g/mol. The lowest BCUT2D eigenvalue weighted by atomic mass is 10.2. The second-order valence-electron chi connectivity index (χ2n) is 4.75. The second-order valence-corrected chi connectivity index (χ2v) is 6.00. The maximum Gasteiger partial charge on any atom is 0.337 e. The number of hydrogen-bond donors (Lipinski definition) is 3. The number of carboxylic acid groups (broad SMARTS) is 1. The lowest BCUT2D eigenvalue weighted by molar-refractivity contribution is 0.0698. The van der Waals surface area contributed by atoms with Crippen LogP contribution >= 0.6 is 35.4 Å². The maximum atomic E-state index is 12.2. The number of methoxy groups -OCH3 is 1.